The van der Waals surface area contributed by atoms with Crippen LogP contribution in [0.3, 0.4) is 0 Å². The molecule has 160 valence electrons. The third-order valence-corrected chi connectivity index (χ3v) is 5.10. The number of rotatable bonds is 9. The zero-order valence-electron chi connectivity index (χ0n) is 17.7. The molecule has 0 radical (unpaired) electrons. The molecule has 1 amide bonds. The molecule has 0 atom stereocenters. The van der Waals surface area contributed by atoms with Gasteiger partial charge in [0, 0.05) is 32.3 Å². The fourth-order valence-corrected chi connectivity index (χ4v) is 3.44. The van der Waals surface area contributed by atoms with Crippen molar-refractivity contribution in [1.29, 1.82) is 0 Å². The van der Waals surface area contributed by atoms with E-state index in [9.17, 15) is 4.79 Å². The van der Waals surface area contributed by atoms with Crippen LogP contribution >= 0.6 is 0 Å². The van der Waals surface area contributed by atoms with Crippen LogP contribution in [0.1, 0.15) is 45.1 Å². The molecule has 2 N–H and O–H groups in total. The molecule has 1 aliphatic heterocycles. The molecule has 2 aliphatic rings. The Morgan fingerprint density at radius 1 is 1.21 bits per heavy atom. The van der Waals surface area contributed by atoms with E-state index in [1.807, 2.05) is 24.3 Å². The van der Waals surface area contributed by atoms with Gasteiger partial charge in [-0.1, -0.05) is 12.1 Å². The van der Waals surface area contributed by atoms with E-state index < -0.39 is 0 Å². The lowest BCUT2D eigenvalue weighted by atomic mass is 10.1. The lowest BCUT2D eigenvalue weighted by Crippen LogP contribution is -2.47. The molecule has 2 fully saturated rings. The predicted octanol–water partition coefficient (Wildman–Crippen LogP) is 2.31. The summed E-state index contributed by atoms with van der Waals surface area (Å²) in [6, 6.07) is 8.17. The summed E-state index contributed by atoms with van der Waals surface area (Å²) in [6.07, 6.45) is 4.59. The van der Waals surface area contributed by atoms with Crippen LogP contribution in [0.2, 0.25) is 0 Å². The minimum absolute atomic E-state index is 0.0548. The second-order valence-electron chi connectivity index (χ2n) is 7.59. The number of nitrogens with zero attached hydrogens (tertiary/aromatic N) is 2. The maximum Gasteiger partial charge on any atom is 0.258 e. The first-order valence-electron chi connectivity index (χ1n) is 10.8. The quantitative estimate of drug-likeness (QED) is 0.490. The van der Waals surface area contributed by atoms with Crippen LogP contribution < -0.4 is 15.4 Å². The Labute approximate surface area is 173 Å². The summed E-state index contributed by atoms with van der Waals surface area (Å²) in [5, 5.41) is 6.33. The minimum atomic E-state index is -0.0548. The van der Waals surface area contributed by atoms with Crippen molar-refractivity contribution in [2.24, 2.45) is 4.99 Å². The van der Waals surface area contributed by atoms with Crippen molar-refractivity contribution in [3.63, 3.8) is 0 Å². The summed E-state index contributed by atoms with van der Waals surface area (Å²) < 4.78 is 11.4. The van der Waals surface area contributed by atoms with Crippen molar-refractivity contribution in [3.05, 3.63) is 29.8 Å². The average Bonchev–Trinajstić information content (AvgIpc) is 3.55. The lowest BCUT2D eigenvalue weighted by molar-refractivity contribution is -0.123. The smallest absolute Gasteiger partial charge is 0.258 e. The molecule has 3 rings (SSSR count). The van der Waals surface area contributed by atoms with Gasteiger partial charge >= 0.3 is 0 Å². The van der Waals surface area contributed by atoms with E-state index in [4.69, 9.17) is 14.5 Å². The highest BCUT2D eigenvalue weighted by Gasteiger charge is 2.23. The minimum Gasteiger partial charge on any atom is -0.484 e. The molecule has 0 unspecified atom stereocenters. The maximum absolute atomic E-state index is 11.8. The number of carbonyl (C=O) groups is 1. The highest BCUT2D eigenvalue weighted by molar-refractivity contribution is 5.80. The van der Waals surface area contributed by atoms with E-state index in [1.165, 1.54) is 0 Å². The van der Waals surface area contributed by atoms with Crippen LogP contribution in [0, 0.1) is 0 Å². The van der Waals surface area contributed by atoms with Gasteiger partial charge in [-0.15, -0.1) is 0 Å². The first-order chi connectivity index (χ1) is 14.2. The Morgan fingerprint density at radius 2 is 2.00 bits per heavy atom. The molecule has 1 aromatic carbocycles. The summed E-state index contributed by atoms with van der Waals surface area (Å²) in [5.41, 5.74) is 1.06. The Kier molecular flexibility index (Phi) is 8.16. The van der Waals surface area contributed by atoms with Crippen LogP contribution in [0.5, 0.6) is 5.75 Å². The highest BCUT2D eigenvalue weighted by atomic mass is 16.5. The number of benzene rings is 1. The Bertz CT molecular complexity index is 682. The highest BCUT2D eigenvalue weighted by Crippen LogP contribution is 2.19. The van der Waals surface area contributed by atoms with Crippen molar-refractivity contribution >= 4 is 11.9 Å². The van der Waals surface area contributed by atoms with Gasteiger partial charge in [0.05, 0.1) is 12.6 Å². The van der Waals surface area contributed by atoms with Gasteiger partial charge < -0.3 is 25.0 Å². The van der Waals surface area contributed by atoms with E-state index in [0.29, 0.717) is 24.4 Å². The van der Waals surface area contributed by atoms with Crippen LogP contribution in [-0.4, -0.2) is 61.8 Å². The fourth-order valence-electron chi connectivity index (χ4n) is 3.44. The first kappa shape index (κ1) is 21.4. The summed E-state index contributed by atoms with van der Waals surface area (Å²) in [6.45, 7) is 8.28. The molecule has 1 aromatic rings. The zero-order chi connectivity index (χ0) is 20.5. The molecule has 1 saturated heterocycles. The largest absolute Gasteiger partial charge is 0.484 e. The van der Waals surface area contributed by atoms with Gasteiger partial charge in [-0.3, -0.25) is 4.79 Å². The van der Waals surface area contributed by atoms with Gasteiger partial charge in [0.1, 0.15) is 5.75 Å². The molecule has 1 aliphatic carbocycles. The molecule has 7 heteroatoms. The number of carbonyl (C=O) groups excluding carboxylic acids is 1. The maximum atomic E-state index is 11.8. The number of hydrogen-bond acceptors (Lipinski definition) is 4. The first-order valence-corrected chi connectivity index (χ1v) is 10.8. The number of ether oxygens (including phenoxy) is 2. The van der Waals surface area contributed by atoms with Crippen molar-refractivity contribution in [3.8, 4) is 5.75 Å². The van der Waals surface area contributed by atoms with Crippen LogP contribution in [0.4, 0.5) is 0 Å². The van der Waals surface area contributed by atoms with Crippen molar-refractivity contribution in [2.45, 2.75) is 58.2 Å². The third kappa shape index (κ3) is 7.24. The number of guanidine groups is 1. The molecule has 0 bridgehead atoms. The normalized spacial score (nSPS) is 17.9. The monoisotopic (exact) mass is 402 g/mol. The topological polar surface area (TPSA) is 75.2 Å². The second kappa shape index (κ2) is 11.0. The van der Waals surface area contributed by atoms with Crippen molar-refractivity contribution < 1.29 is 14.3 Å². The van der Waals surface area contributed by atoms with Crippen LogP contribution in [0.25, 0.3) is 0 Å². The number of piperidine rings is 1. The Balaban J connectivity index is 1.52. The standard InChI is InChI=1S/C22H34N4O3/c1-3-23-22(26-12-10-19(11-13-26)28-4-2)24-15-17-6-5-7-20(14-17)29-16-21(27)25-18-8-9-18/h5-7,14,18-19H,3-4,8-13,15-16H2,1-2H3,(H,23,24)(H,25,27). The third-order valence-electron chi connectivity index (χ3n) is 5.10. The van der Waals surface area contributed by atoms with E-state index >= 15 is 0 Å². The molecule has 29 heavy (non-hydrogen) atoms. The molecule has 1 saturated carbocycles. The lowest BCUT2D eigenvalue weighted by Gasteiger charge is -2.34. The summed E-state index contributed by atoms with van der Waals surface area (Å²) in [7, 11) is 0. The number of amides is 1. The van der Waals surface area contributed by atoms with Crippen LogP contribution in [0.15, 0.2) is 29.3 Å². The molecule has 1 heterocycles. The predicted molar refractivity (Wildman–Crippen MR) is 114 cm³/mol. The summed E-state index contributed by atoms with van der Waals surface area (Å²) >= 11 is 0. The SMILES string of the molecule is CCNC(=NCc1cccc(OCC(=O)NC2CC2)c1)N1CCC(OCC)CC1. The van der Waals surface area contributed by atoms with Gasteiger partial charge in [0.2, 0.25) is 0 Å². The molecule has 0 aromatic heterocycles. The van der Waals surface area contributed by atoms with E-state index in [2.05, 4.69) is 29.4 Å². The summed E-state index contributed by atoms with van der Waals surface area (Å²) in [5.74, 6) is 1.59. The van der Waals surface area contributed by atoms with Crippen LogP contribution in [-0.2, 0) is 16.1 Å². The number of hydrogen-bond donors (Lipinski definition) is 2. The number of likely N-dealkylation sites (tertiary alicyclic amines) is 1. The van der Waals surface area contributed by atoms with Gasteiger partial charge in [0.15, 0.2) is 12.6 Å². The van der Waals surface area contributed by atoms with E-state index in [-0.39, 0.29) is 12.5 Å². The molecular formula is C22H34N4O3. The number of aliphatic imine (C=N–C) groups is 1. The Hall–Kier alpha value is -2.28. The Morgan fingerprint density at radius 3 is 2.69 bits per heavy atom. The molecule has 0 spiro atoms. The van der Waals surface area contributed by atoms with Gasteiger partial charge in [-0.25, -0.2) is 4.99 Å². The molecular weight excluding hydrogens is 368 g/mol. The van der Waals surface area contributed by atoms with Crippen molar-refractivity contribution in [1.82, 2.24) is 15.5 Å². The average molecular weight is 403 g/mol. The van der Waals surface area contributed by atoms with Gasteiger partial charge in [0.25, 0.3) is 5.91 Å². The van der Waals surface area contributed by atoms with Crippen molar-refractivity contribution in [2.75, 3.05) is 32.8 Å². The van der Waals surface area contributed by atoms with Gasteiger partial charge in [-0.05, 0) is 57.2 Å². The van der Waals surface area contributed by atoms with E-state index in [1.54, 1.807) is 0 Å². The fraction of sp³-hybridized carbons (Fsp3) is 0.636. The number of nitrogens with one attached hydrogen (secondary N) is 2. The molecule has 7 nitrogen and oxygen atoms in total. The van der Waals surface area contributed by atoms with E-state index in [0.717, 1.165) is 63.4 Å². The second-order valence-corrected chi connectivity index (χ2v) is 7.59. The zero-order valence-corrected chi connectivity index (χ0v) is 17.7. The van der Waals surface area contributed by atoms with Gasteiger partial charge in [-0.2, -0.15) is 0 Å². The summed E-state index contributed by atoms with van der Waals surface area (Å²) in [4.78, 5) is 18.9.